The van der Waals surface area contributed by atoms with Crippen LogP contribution in [-0.2, 0) is 0 Å². The summed E-state index contributed by atoms with van der Waals surface area (Å²) in [5.41, 5.74) is 1.87. The highest BCUT2D eigenvalue weighted by Gasteiger charge is 1.90. The van der Waals surface area contributed by atoms with Gasteiger partial charge in [0.05, 0.1) is 5.69 Å². The lowest BCUT2D eigenvalue weighted by Crippen LogP contribution is -1.79. The summed E-state index contributed by atoms with van der Waals surface area (Å²) in [4.78, 5) is 8.21. The summed E-state index contributed by atoms with van der Waals surface area (Å²) in [6.07, 6.45) is 5.20. The van der Waals surface area contributed by atoms with E-state index in [1.807, 2.05) is 36.4 Å². The largest absolute Gasteiger partial charge is 0.265 e. The van der Waals surface area contributed by atoms with Gasteiger partial charge >= 0.3 is 0 Å². The molecule has 15 heavy (non-hydrogen) atoms. The van der Waals surface area contributed by atoms with E-state index in [1.165, 1.54) is 0 Å². The van der Waals surface area contributed by atoms with Crippen LogP contribution < -0.4 is 0 Å². The number of benzene rings is 1. The van der Waals surface area contributed by atoms with Crippen LogP contribution in [0, 0.1) is 0 Å². The molecule has 0 atom stereocenters. The van der Waals surface area contributed by atoms with Crippen molar-refractivity contribution in [1.29, 1.82) is 0 Å². The number of halogens is 1. The number of aliphatic imine (C=N–C) groups is 1. The fourth-order valence-corrected chi connectivity index (χ4v) is 1.36. The second-order valence-corrected chi connectivity index (χ2v) is 3.46. The zero-order chi connectivity index (χ0) is 10.5. The summed E-state index contributed by atoms with van der Waals surface area (Å²) in [6, 6.07) is 11.3. The SMILES string of the molecule is Clc1cccc(C=Nc2ccncc2)c1. The molecular weight excluding hydrogens is 208 g/mol. The Labute approximate surface area is 93.3 Å². The van der Waals surface area contributed by atoms with Crippen LogP contribution >= 0.6 is 11.6 Å². The van der Waals surface area contributed by atoms with Crippen LogP contribution in [0.5, 0.6) is 0 Å². The third-order valence-corrected chi connectivity index (χ3v) is 2.11. The number of aromatic nitrogens is 1. The first-order valence-electron chi connectivity index (χ1n) is 4.54. The van der Waals surface area contributed by atoms with Crippen molar-refractivity contribution in [2.24, 2.45) is 4.99 Å². The molecule has 1 aromatic carbocycles. The zero-order valence-corrected chi connectivity index (χ0v) is 8.72. The molecule has 0 aliphatic heterocycles. The Morgan fingerprint density at radius 1 is 1.13 bits per heavy atom. The molecule has 1 aromatic heterocycles. The highest BCUT2D eigenvalue weighted by atomic mass is 35.5. The van der Waals surface area contributed by atoms with Gasteiger partial charge < -0.3 is 0 Å². The Balaban J connectivity index is 2.19. The maximum Gasteiger partial charge on any atom is 0.0660 e. The Hall–Kier alpha value is -1.67. The van der Waals surface area contributed by atoms with Crippen molar-refractivity contribution in [2.75, 3.05) is 0 Å². The minimum Gasteiger partial charge on any atom is -0.265 e. The lowest BCUT2D eigenvalue weighted by atomic mass is 10.2. The van der Waals surface area contributed by atoms with Crippen LogP contribution in [0.1, 0.15) is 5.56 Å². The summed E-state index contributed by atoms with van der Waals surface area (Å²) in [5, 5.41) is 0.716. The quantitative estimate of drug-likeness (QED) is 0.706. The Kier molecular flexibility index (Phi) is 3.10. The molecular formula is C12H9ClN2. The zero-order valence-electron chi connectivity index (χ0n) is 7.97. The highest BCUT2D eigenvalue weighted by molar-refractivity contribution is 6.30. The summed E-state index contributed by atoms with van der Waals surface area (Å²) < 4.78 is 0. The van der Waals surface area contributed by atoms with Crippen molar-refractivity contribution in [3.05, 3.63) is 59.4 Å². The third kappa shape index (κ3) is 2.89. The number of hydrogen-bond acceptors (Lipinski definition) is 2. The standard InChI is InChI=1S/C12H9ClN2/c13-11-3-1-2-10(8-11)9-15-12-4-6-14-7-5-12/h1-9H. The lowest BCUT2D eigenvalue weighted by Gasteiger charge is -1.94. The molecule has 3 heteroatoms. The van der Waals surface area contributed by atoms with Crippen LogP contribution in [0.4, 0.5) is 5.69 Å². The first-order chi connectivity index (χ1) is 7.34. The topological polar surface area (TPSA) is 25.2 Å². The molecule has 0 saturated heterocycles. The number of nitrogens with zero attached hydrogens (tertiary/aromatic N) is 2. The molecule has 0 spiro atoms. The second kappa shape index (κ2) is 4.71. The van der Waals surface area contributed by atoms with Crippen LogP contribution in [0.3, 0.4) is 0 Å². The van der Waals surface area contributed by atoms with Crippen molar-refractivity contribution in [1.82, 2.24) is 4.98 Å². The smallest absolute Gasteiger partial charge is 0.0660 e. The molecule has 0 aliphatic rings. The van der Waals surface area contributed by atoms with Gasteiger partial charge in [-0.05, 0) is 29.8 Å². The number of rotatable bonds is 2. The average Bonchev–Trinajstić information content (AvgIpc) is 2.28. The average molecular weight is 217 g/mol. The van der Waals surface area contributed by atoms with Crippen molar-refractivity contribution in [3.8, 4) is 0 Å². The molecule has 0 N–H and O–H groups in total. The van der Waals surface area contributed by atoms with E-state index in [4.69, 9.17) is 11.6 Å². The second-order valence-electron chi connectivity index (χ2n) is 3.02. The van der Waals surface area contributed by atoms with Crippen LogP contribution in [0.15, 0.2) is 53.8 Å². The molecule has 0 radical (unpaired) electrons. The number of hydrogen-bond donors (Lipinski definition) is 0. The van der Waals surface area contributed by atoms with Crippen LogP contribution in [0.2, 0.25) is 5.02 Å². The predicted octanol–water partition coefficient (Wildman–Crippen LogP) is 3.49. The summed E-state index contributed by atoms with van der Waals surface area (Å²) in [5.74, 6) is 0. The molecule has 2 rings (SSSR count). The van der Waals surface area contributed by atoms with Gasteiger partial charge in [-0.3, -0.25) is 9.98 Å². The van der Waals surface area contributed by atoms with Gasteiger partial charge in [-0.1, -0.05) is 23.7 Å². The molecule has 74 valence electrons. The van der Waals surface area contributed by atoms with Gasteiger partial charge in [-0.2, -0.15) is 0 Å². The van der Waals surface area contributed by atoms with Gasteiger partial charge in [0.15, 0.2) is 0 Å². The van der Waals surface area contributed by atoms with Gasteiger partial charge in [0.2, 0.25) is 0 Å². The summed E-state index contributed by atoms with van der Waals surface area (Å²) >= 11 is 5.85. The Bertz CT molecular complexity index is 466. The minimum atomic E-state index is 0.716. The highest BCUT2D eigenvalue weighted by Crippen LogP contribution is 2.11. The monoisotopic (exact) mass is 216 g/mol. The normalized spacial score (nSPS) is 10.7. The summed E-state index contributed by atoms with van der Waals surface area (Å²) in [6.45, 7) is 0. The van der Waals surface area contributed by atoms with E-state index in [0.29, 0.717) is 5.02 Å². The lowest BCUT2D eigenvalue weighted by molar-refractivity contribution is 1.32. The fraction of sp³-hybridized carbons (Fsp3) is 0. The molecule has 0 unspecified atom stereocenters. The van der Waals surface area contributed by atoms with Crippen molar-refractivity contribution in [3.63, 3.8) is 0 Å². The first kappa shape index (κ1) is 9.87. The molecule has 2 nitrogen and oxygen atoms in total. The van der Waals surface area contributed by atoms with Gasteiger partial charge in [-0.15, -0.1) is 0 Å². The van der Waals surface area contributed by atoms with E-state index in [2.05, 4.69) is 9.98 Å². The van der Waals surface area contributed by atoms with Crippen molar-refractivity contribution in [2.45, 2.75) is 0 Å². The van der Waals surface area contributed by atoms with E-state index in [9.17, 15) is 0 Å². The molecule has 0 bridgehead atoms. The molecule has 0 fully saturated rings. The van der Waals surface area contributed by atoms with E-state index in [-0.39, 0.29) is 0 Å². The maximum absolute atomic E-state index is 5.85. The van der Waals surface area contributed by atoms with Gasteiger partial charge in [0.25, 0.3) is 0 Å². The predicted molar refractivity (Wildman–Crippen MR) is 62.9 cm³/mol. The fourth-order valence-electron chi connectivity index (χ4n) is 1.17. The van der Waals surface area contributed by atoms with E-state index in [0.717, 1.165) is 11.3 Å². The van der Waals surface area contributed by atoms with Gasteiger partial charge in [-0.25, -0.2) is 0 Å². The Morgan fingerprint density at radius 3 is 2.67 bits per heavy atom. The molecule has 1 heterocycles. The van der Waals surface area contributed by atoms with Crippen molar-refractivity contribution < 1.29 is 0 Å². The minimum absolute atomic E-state index is 0.716. The van der Waals surface area contributed by atoms with Crippen LogP contribution in [-0.4, -0.2) is 11.2 Å². The van der Waals surface area contributed by atoms with Gasteiger partial charge in [0.1, 0.15) is 0 Å². The van der Waals surface area contributed by atoms with E-state index in [1.54, 1.807) is 18.6 Å². The maximum atomic E-state index is 5.85. The third-order valence-electron chi connectivity index (χ3n) is 1.87. The molecule has 0 saturated carbocycles. The van der Waals surface area contributed by atoms with E-state index < -0.39 is 0 Å². The molecule has 2 aromatic rings. The summed E-state index contributed by atoms with van der Waals surface area (Å²) in [7, 11) is 0. The number of pyridine rings is 1. The van der Waals surface area contributed by atoms with E-state index >= 15 is 0 Å². The molecule has 0 aliphatic carbocycles. The van der Waals surface area contributed by atoms with Gasteiger partial charge in [0, 0.05) is 23.6 Å². The van der Waals surface area contributed by atoms with Crippen LogP contribution in [0.25, 0.3) is 0 Å². The Morgan fingerprint density at radius 2 is 1.93 bits per heavy atom. The first-order valence-corrected chi connectivity index (χ1v) is 4.92. The van der Waals surface area contributed by atoms with Crippen molar-refractivity contribution >= 4 is 23.5 Å². The molecule has 0 amide bonds.